The predicted molar refractivity (Wildman–Crippen MR) is 95.1 cm³/mol. The van der Waals surface area contributed by atoms with Crippen molar-refractivity contribution in [3.8, 4) is 0 Å². The number of nitro benzene ring substituents is 1. The van der Waals surface area contributed by atoms with Crippen molar-refractivity contribution in [2.24, 2.45) is 0 Å². The van der Waals surface area contributed by atoms with Gasteiger partial charge in [0.15, 0.2) is 0 Å². The van der Waals surface area contributed by atoms with Gasteiger partial charge in [0.25, 0.3) is 5.69 Å². The van der Waals surface area contributed by atoms with Gasteiger partial charge in [0.2, 0.25) is 0 Å². The number of nitrogens with zero attached hydrogens (tertiary/aromatic N) is 2. The second-order valence-electron chi connectivity index (χ2n) is 5.42. The standard InChI is InChI=1S/C14H17ClF3N3O2.2ClH/c15-11-2-1-10(9-13(11)21(22)23)12(3-4-14(16,17)18)20-7-5-19-6-8-20;;/h1-2,9,12,19H,3-8H2;2*1H/t12-;;/m0../s1. The lowest BCUT2D eigenvalue weighted by Gasteiger charge is -2.35. The first kappa shape index (κ1) is 24.2. The van der Waals surface area contributed by atoms with Gasteiger partial charge in [0.05, 0.1) is 4.92 Å². The molecule has 1 aliphatic heterocycles. The third-order valence-corrected chi connectivity index (χ3v) is 4.16. The monoisotopic (exact) mass is 423 g/mol. The van der Waals surface area contributed by atoms with Crippen molar-refractivity contribution in [3.63, 3.8) is 0 Å². The van der Waals surface area contributed by atoms with E-state index in [0.29, 0.717) is 31.7 Å². The van der Waals surface area contributed by atoms with E-state index in [0.717, 1.165) is 0 Å². The highest BCUT2D eigenvalue weighted by Gasteiger charge is 2.32. The Morgan fingerprint density at radius 3 is 2.40 bits per heavy atom. The molecule has 1 aliphatic rings. The summed E-state index contributed by atoms with van der Waals surface area (Å²) in [7, 11) is 0. The third-order valence-electron chi connectivity index (χ3n) is 3.85. The highest BCUT2D eigenvalue weighted by molar-refractivity contribution is 6.32. The van der Waals surface area contributed by atoms with Crippen LogP contribution in [0.5, 0.6) is 0 Å². The van der Waals surface area contributed by atoms with Crippen molar-refractivity contribution < 1.29 is 18.1 Å². The molecule has 11 heteroatoms. The molecule has 144 valence electrons. The molecule has 1 aromatic rings. The van der Waals surface area contributed by atoms with E-state index in [4.69, 9.17) is 11.6 Å². The maximum Gasteiger partial charge on any atom is 0.389 e. The summed E-state index contributed by atoms with van der Waals surface area (Å²) < 4.78 is 37.8. The van der Waals surface area contributed by atoms with Crippen molar-refractivity contribution >= 4 is 42.1 Å². The number of piperazine rings is 1. The first-order valence-corrected chi connectivity index (χ1v) is 7.61. The van der Waals surface area contributed by atoms with Crippen LogP contribution in [-0.4, -0.2) is 42.2 Å². The molecule has 1 saturated heterocycles. The van der Waals surface area contributed by atoms with Crippen LogP contribution in [0.4, 0.5) is 18.9 Å². The smallest absolute Gasteiger partial charge is 0.314 e. The first-order chi connectivity index (χ1) is 10.8. The van der Waals surface area contributed by atoms with Crippen LogP contribution in [-0.2, 0) is 0 Å². The van der Waals surface area contributed by atoms with E-state index >= 15 is 0 Å². The number of benzene rings is 1. The van der Waals surface area contributed by atoms with Crippen LogP contribution < -0.4 is 5.32 Å². The minimum atomic E-state index is -4.26. The Morgan fingerprint density at radius 2 is 1.88 bits per heavy atom. The number of rotatable bonds is 5. The quantitative estimate of drug-likeness (QED) is 0.563. The van der Waals surface area contributed by atoms with Gasteiger partial charge in [-0.05, 0) is 18.1 Å². The Balaban J connectivity index is 0.00000288. The second-order valence-corrected chi connectivity index (χ2v) is 5.83. The van der Waals surface area contributed by atoms with Gasteiger partial charge >= 0.3 is 6.18 Å². The molecule has 1 atom stereocenters. The molecule has 0 aromatic heterocycles. The maximum absolute atomic E-state index is 12.6. The van der Waals surface area contributed by atoms with E-state index in [-0.39, 0.29) is 41.9 Å². The van der Waals surface area contributed by atoms with Gasteiger partial charge in [-0.1, -0.05) is 17.7 Å². The number of nitrogens with one attached hydrogen (secondary N) is 1. The summed E-state index contributed by atoms with van der Waals surface area (Å²) in [6, 6.07) is 3.71. The molecule has 0 saturated carbocycles. The molecule has 1 N–H and O–H groups in total. The molecule has 1 aromatic carbocycles. The fourth-order valence-corrected chi connectivity index (χ4v) is 2.92. The van der Waals surface area contributed by atoms with E-state index in [1.54, 1.807) is 6.07 Å². The summed E-state index contributed by atoms with van der Waals surface area (Å²) in [5, 5.41) is 14.1. The predicted octanol–water partition coefficient (Wildman–Crippen LogP) is 4.38. The third kappa shape index (κ3) is 7.15. The summed E-state index contributed by atoms with van der Waals surface area (Å²) >= 11 is 5.79. The summed E-state index contributed by atoms with van der Waals surface area (Å²) in [4.78, 5) is 12.3. The molecule has 0 bridgehead atoms. The lowest BCUT2D eigenvalue weighted by molar-refractivity contribution is -0.384. The Labute approximate surface area is 160 Å². The minimum Gasteiger partial charge on any atom is -0.314 e. The normalized spacial score (nSPS) is 16.5. The van der Waals surface area contributed by atoms with Crippen LogP contribution in [0, 0.1) is 10.1 Å². The van der Waals surface area contributed by atoms with Gasteiger partial charge < -0.3 is 5.32 Å². The van der Waals surface area contributed by atoms with E-state index in [9.17, 15) is 23.3 Å². The highest BCUT2D eigenvalue weighted by atomic mass is 35.5. The largest absolute Gasteiger partial charge is 0.389 e. The van der Waals surface area contributed by atoms with E-state index in [1.807, 2.05) is 4.90 Å². The van der Waals surface area contributed by atoms with Gasteiger partial charge in [-0.3, -0.25) is 15.0 Å². The molecule has 5 nitrogen and oxygen atoms in total. The summed E-state index contributed by atoms with van der Waals surface area (Å²) in [5.74, 6) is 0. The molecular formula is C14H19Cl3F3N3O2. The van der Waals surface area contributed by atoms with Crippen LogP contribution in [0.2, 0.25) is 5.02 Å². The average Bonchev–Trinajstić information content (AvgIpc) is 2.48. The molecule has 25 heavy (non-hydrogen) atoms. The molecule has 1 fully saturated rings. The Hall–Kier alpha value is -0.800. The zero-order chi connectivity index (χ0) is 17.0. The van der Waals surface area contributed by atoms with Crippen molar-refractivity contribution in [1.29, 1.82) is 0 Å². The van der Waals surface area contributed by atoms with Crippen LogP contribution in [0.15, 0.2) is 18.2 Å². The molecule has 0 spiro atoms. The number of nitro groups is 1. The molecule has 1 heterocycles. The topological polar surface area (TPSA) is 58.4 Å². The summed E-state index contributed by atoms with van der Waals surface area (Å²) in [6.45, 7) is 2.55. The lowest BCUT2D eigenvalue weighted by atomic mass is 9.98. The fraction of sp³-hybridized carbons (Fsp3) is 0.571. The van der Waals surface area contributed by atoms with Crippen LogP contribution in [0.25, 0.3) is 0 Å². The lowest BCUT2D eigenvalue weighted by Crippen LogP contribution is -2.45. The van der Waals surface area contributed by atoms with E-state index < -0.39 is 23.6 Å². The number of hydrogen-bond acceptors (Lipinski definition) is 4. The van der Waals surface area contributed by atoms with Gasteiger partial charge in [-0.25, -0.2) is 0 Å². The Morgan fingerprint density at radius 1 is 1.28 bits per heavy atom. The van der Waals surface area contributed by atoms with Crippen LogP contribution in [0.3, 0.4) is 0 Å². The SMILES string of the molecule is Cl.Cl.O=[N+]([O-])c1cc([C@H](CCC(F)(F)F)N2CCNCC2)ccc1Cl. The van der Waals surface area contributed by atoms with Crippen LogP contribution in [0.1, 0.15) is 24.4 Å². The molecule has 0 amide bonds. The molecule has 0 aliphatic carbocycles. The van der Waals surface area contributed by atoms with Crippen molar-refractivity contribution in [3.05, 3.63) is 38.9 Å². The summed E-state index contributed by atoms with van der Waals surface area (Å²) in [5.41, 5.74) is 0.212. The zero-order valence-electron chi connectivity index (χ0n) is 13.1. The van der Waals surface area contributed by atoms with Crippen molar-refractivity contribution in [1.82, 2.24) is 10.2 Å². The average molecular weight is 425 g/mol. The number of hydrogen-bond donors (Lipinski definition) is 1. The van der Waals surface area contributed by atoms with Crippen LogP contribution >= 0.6 is 36.4 Å². The molecule has 0 radical (unpaired) electrons. The fourth-order valence-electron chi connectivity index (χ4n) is 2.73. The van der Waals surface area contributed by atoms with Gasteiger partial charge in [0.1, 0.15) is 5.02 Å². The van der Waals surface area contributed by atoms with E-state index in [1.165, 1.54) is 12.1 Å². The molecule has 2 rings (SSSR count). The van der Waals surface area contributed by atoms with Gasteiger partial charge in [-0.2, -0.15) is 13.2 Å². The van der Waals surface area contributed by atoms with Crippen molar-refractivity contribution in [2.75, 3.05) is 26.2 Å². The van der Waals surface area contributed by atoms with Gasteiger partial charge in [0, 0.05) is 44.7 Å². The molecule has 0 unspecified atom stereocenters. The maximum atomic E-state index is 12.6. The Bertz CT molecular complexity index is 570. The van der Waals surface area contributed by atoms with Gasteiger partial charge in [-0.15, -0.1) is 24.8 Å². The number of alkyl halides is 3. The Kier molecular flexibility index (Phi) is 10.0. The second kappa shape index (κ2) is 10.4. The molecular weight excluding hydrogens is 406 g/mol. The number of halogens is 6. The highest BCUT2D eigenvalue weighted by Crippen LogP contribution is 2.35. The van der Waals surface area contributed by atoms with Crippen molar-refractivity contribution in [2.45, 2.75) is 25.1 Å². The summed E-state index contributed by atoms with van der Waals surface area (Å²) in [6.07, 6.45) is -5.33. The first-order valence-electron chi connectivity index (χ1n) is 7.23. The van der Waals surface area contributed by atoms with E-state index in [2.05, 4.69) is 5.32 Å². The zero-order valence-corrected chi connectivity index (χ0v) is 15.5. The minimum absolute atomic E-state index is 0.